The topological polar surface area (TPSA) is 94.1 Å². The number of ether oxygens (including phenoxy) is 1. The van der Waals surface area contributed by atoms with Crippen LogP contribution in [0.5, 0.6) is 0 Å². The van der Waals surface area contributed by atoms with Crippen LogP contribution in [0, 0.1) is 0 Å². The van der Waals surface area contributed by atoms with Gasteiger partial charge >= 0.3 is 5.97 Å². The number of nitrogens with zero attached hydrogens (tertiary/aromatic N) is 3. The standard InChI is InChI=1S/C13H16N4O3S2/c1-3-5-9-11(22-17-16-9)12(19)15-13-14-8(7-21-13)6-10(18)20-4-2/h7H,3-6H2,1-2H3,(H,14,15,19). The minimum absolute atomic E-state index is 0.101. The zero-order valence-corrected chi connectivity index (χ0v) is 13.9. The van der Waals surface area contributed by atoms with Gasteiger partial charge in [0.1, 0.15) is 4.88 Å². The van der Waals surface area contributed by atoms with Crippen LogP contribution in [-0.2, 0) is 22.4 Å². The Morgan fingerprint density at radius 1 is 1.36 bits per heavy atom. The fourth-order valence-corrected chi connectivity index (χ4v) is 3.05. The van der Waals surface area contributed by atoms with Crippen molar-refractivity contribution in [2.45, 2.75) is 33.1 Å². The summed E-state index contributed by atoms with van der Waals surface area (Å²) < 4.78 is 8.68. The Balaban J connectivity index is 1.99. The number of thiazole rings is 1. The summed E-state index contributed by atoms with van der Waals surface area (Å²) >= 11 is 2.34. The van der Waals surface area contributed by atoms with E-state index in [4.69, 9.17) is 4.74 Å². The van der Waals surface area contributed by atoms with Gasteiger partial charge in [0, 0.05) is 5.38 Å². The summed E-state index contributed by atoms with van der Waals surface area (Å²) in [5, 5.41) is 8.85. The summed E-state index contributed by atoms with van der Waals surface area (Å²) in [5.41, 5.74) is 1.28. The third-order valence-electron chi connectivity index (χ3n) is 2.65. The van der Waals surface area contributed by atoms with Gasteiger partial charge in [0.25, 0.3) is 5.91 Å². The first-order chi connectivity index (χ1) is 10.6. The number of carbonyl (C=O) groups excluding carboxylic acids is 2. The maximum Gasteiger partial charge on any atom is 0.311 e. The number of hydrogen-bond donors (Lipinski definition) is 1. The van der Waals surface area contributed by atoms with E-state index < -0.39 is 0 Å². The van der Waals surface area contributed by atoms with Crippen LogP contribution in [-0.4, -0.2) is 33.1 Å². The van der Waals surface area contributed by atoms with Gasteiger partial charge in [-0.05, 0) is 24.9 Å². The molecule has 2 rings (SSSR count). The summed E-state index contributed by atoms with van der Waals surface area (Å²) in [6.45, 7) is 4.11. The Hall–Kier alpha value is -1.87. The highest BCUT2D eigenvalue weighted by molar-refractivity contribution is 7.14. The van der Waals surface area contributed by atoms with E-state index in [0.29, 0.717) is 34.4 Å². The maximum absolute atomic E-state index is 12.2. The van der Waals surface area contributed by atoms with Gasteiger partial charge in [0.15, 0.2) is 5.13 Å². The molecule has 0 spiro atoms. The summed E-state index contributed by atoms with van der Waals surface area (Å²) in [5.74, 6) is -0.599. The zero-order valence-electron chi connectivity index (χ0n) is 12.3. The van der Waals surface area contributed by atoms with Gasteiger partial charge in [-0.25, -0.2) is 4.98 Å². The molecule has 0 aliphatic heterocycles. The summed E-state index contributed by atoms with van der Waals surface area (Å²) in [4.78, 5) is 28.3. The minimum atomic E-state index is -0.331. The predicted octanol–water partition coefficient (Wildman–Crippen LogP) is 2.31. The molecule has 7 nitrogen and oxygen atoms in total. The molecule has 0 fully saturated rings. The van der Waals surface area contributed by atoms with Gasteiger partial charge in [-0.1, -0.05) is 17.8 Å². The summed E-state index contributed by atoms with van der Waals surface area (Å²) in [7, 11) is 0. The molecule has 1 N–H and O–H groups in total. The predicted molar refractivity (Wildman–Crippen MR) is 84.3 cm³/mol. The molecule has 0 saturated carbocycles. The lowest BCUT2D eigenvalue weighted by Gasteiger charge is -2.00. The smallest absolute Gasteiger partial charge is 0.311 e. The largest absolute Gasteiger partial charge is 0.466 e. The van der Waals surface area contributed by atoms with Crippen LogP contribution in [0.1, 0.15) is 41.3 Å². The molecule has 2 aromatic rings. The van der Waals surface area contributed by atoms with Gasteiger partial charge in [-0.2, -0.15) is 0 Å². The number of carbonyl (C=O) groups is 2. The summed E-state index contributed by atoms with van der Waals surface area (Å²) in [6.07, 6.45) is 1.71. The van der Waals surface area contributed by atoms with Crippen LogP contribution in [0.4, 0.5) is 5.13 Å². The second-order valence-corrected chi connectivity index (χ2v) is 5.99. The zero-order chi connectivity index (χ0) is 15.9. The molecule has 0 aliphatic carbocycles. The van der Waals surface area contributed by atoms with Crippen LogP contribution in [0.2, 0.25) is 0 Å². The fourth-order valence-electron chi connectivity index (χ4n) is 1.74. The summed E-state index contributed by atoms with van der Waals surface area (Å²) in [6, 6.07) is 0. The van der Waals surface area contributed by atoms with Crippen molar-refractivity contribution in [3.05, 3.63) is 21.6 Å². The van der Waals surface area contributed by atoms with Crippen molar-refractivity contribution in [2.75, 3.05) is 11.9 Å². The Kier molecular flexibility index (Phi) is 5.96. The van der Waals surface area contributed by atoms with Crippen molar-refractivity contribution >= 4 is 39.9 Å². The van der Waals surface area contributed by atoms with Gasteiger partial charge in [0.2, 0.25) is 0 Å². The second kappa shape index (κ2) is 7.95. The number of aryl methyl sites for hydroxylation is 1. The quantitative estimate of drug-likeness (QED) is 0.777. The first-order valence-electron chi connectivity index (χ1n) is 6.86. The first kappa shape index (κ1) is 16.5. The minimum Gasteiger partial charge on any atom is -0.466 e. The molecule has 0 bridgehead atoms. The molecule has 2 heterocycles. The first-order valence-corrected chi connectivity index (χ1v) is 8.51. The molecule has 22 heavy (non-hydrogen) atoms. The highest BCUT2D eigenvalue weighted by Gasteiger charge is 2.17. The Morgan fingerprint density at radius 2 is 2.18 bits per heavy atom. The van der Waals surface area contributed by atoms with Crippen LogP contribution in [0.3, 0.4) is 0 Å². The SMILES string of the molecule is CCCc1nnsc1C(=O)Nc1nc(CC(=O)OCC)cs1. The van der Waals surface area contributed by atoms with E-state index in [0.717, 1.165) is 18.0 Å². The number of esters is 1. The number of aromatic nitrogens is 3. The van der Waals surface area contributed by atoms with Crippen molar-refractivity contribution in [1.82, 2.24) is 14.6 Å². The number of amides is 1. The van der Waals surface area contributed by atoms with E-state index in [2.05, 4.69) is 19.9 Å². The highest BCUT2D eigenvalue weighted by atomic mass is 32.1. The Morgan fingerprint density at radius 3 is 2.91 bits per heavy atom. The third-order valence-corrected chi connectivity index (χ3v) is 4.23. The number of anilines is 1. The van der Waals surface area contributed by atoms with Gasteiger partial charge in [-0.15, -0.1) is 16.4 Å². The molecule has 0 radical (unpaired) electrons. The number of rotatable bonds is 7. The molecule has 0 unspecified atom stereocenters. The van der Waals surface area contributed by atoms with Crippen molar-refractivity contribution in [1.29, 1.82) is 0 Å². The average Bonchev–Trinajstić information content (AvgIpc) is 3.09. The number of hydrogen-bond acceptors (Lipinski definition) is 8. The molecule has 0 atom stereocenters. The van der Waals surface area contributed by atoms with Crippen LogP contribution >= 0.6 is 22.9 Å². The van der Waals surface area contributed by atoms with E-state index >= 15 is 0 Å². The lowest BCUT2D eigenvalue weighted by atomic mass is 10.2. The highest BCUT2D eigenvalue weighted by Crippen LogP contribution is 2.19. The second-order valence-electron chi connectivity index (χ2n) is 4.38. The van der Waals surface area contributed by atoms with Crippen molar-refractivity contribution in [2.24, 2.45) is 0 Å². The van der Waals surface area contributed by atoms with Gasteiger partial charge in [-0.3, -0.25) is 14.9 Å². The van der Waals surface area contributed by atoms with E-state index in [-0.39, 0.29) is 18.3 Å². The van der Waals surface area contributed by atoms with E-state index in [9.17, 15) is 9.59 Å². The lowest BCUT2D eigenvalue weighted by molar-refractivity contribution is -0.142. The van der Waals surface area contributed by atoms with Crippen LogP contribution in [0.25, 0.3) is 0 Å². The molecule has 118 valence electrons. The molecule has 0 saturated heterocycles. The fraction of sp³-hybridized carbons (Fsp3) is 0.462. The average molecular weight is 340 g/mol. The van der Waals surface area contributed by atoms with Crippen LogP contribution < -0.4 is 5.32 Å². The van der Waals surface area contributed by atoms with Crippen molar-refractivity contribution in [3.8, 4) is 0 Å². The lowest BCUT2D eigenvalue weighted by Crippen LogP contribution is -2.13. The van der Waals surface area contributed by atoms with E-state index in [1.807, 2.05) is 6.92 Å². The Bertz CT molecular complexity index is 653. The number of nitrogens with one attached hydrogen (secondary N) is 1. The molecule has 2 aromatic heterocycles. The maximum atomic E-state index is 12.2. The van der Waals surface area contributed by atoms with Crippen molar-refractivity contribution in [3.63, 3.8) is 0 Å². The third kappa shape index (κ3) is 4.31. The van der Waals surface area contributed by atoms with E-state index in [1.54, 1.807) is 12.3 Å². The molecule has 0 aliphatic rings. The van der Waals surface area contributed by atoms with Crippen LogP contribution in [0.15, 0.2) is 5.38 Å². The monoisotopic (exact) mass is 340 g/mol. The Labute approximate surface area is 135 Å². The normalized spacial score (nSPS) is 10.5. The molecular weight excluding hydrogens is 324 g/mol. The van der Waals surface area contributed by atoms with Crippen molar-refractivity contribution < 1.29 is 14.3 Å². The van der Waals surface area contributed by atoms with E-state index in [1.165, 1.54) is 11.3 Å². The molecule has 1 amide bonds. The molecule has 9 heteroatoms. The molecule has 0 aromatic carbocycles. The molecular formula is C13H16N4O3S2. The van der Waals surface area contributed by atoms with Gasteiger partial charge < -0.3 is 4.74 Å². The van der Waals surface area contributed by atoms with Gasteiger partial charge in [0.05, 0.1) is 24.4 Å².